The summed E-state index contributed by atoms with van der Waals surface area (Å²) in [5.41, 5.74) is 0.329. The fraction of sp³-hybridized carbons (Fsp3) is 1.00. The van der Waals surface area contributed by atoms with E-state index in [0.29, 0.717) is 5.41 Å². The van der Waals surface area contributed by atoms with Gasteiger partial charge in [-0.15, -0.1) is 0 Å². The maximum absolute atomic E-state index is 5.79. The van der Waals surface area contributed by atoms with Crippen molar-refractivity contribution in [3.8, 4) is 0 Å². The third-order valence-corrected chi connectivity index (χ3v) is 4.27. The van der Waals surface area contributed by atoms with Gasteiger partial charge in [0.25, 0.3) is 0 Å². The normalized spacial score (nSPS) is 20.8. The van der Waals surface area contributed by atoms with Crippen LogP contribution in [-0.2, 0) is 9.47 Å². The SMILES string of the molecule is CC(C)CCOCC1(CBr)CCOCC1. The molecule has 90 valence electrons. The molecule has 0 bridgehead atoms. The summed E-state index contributed by atoms with van der Waals surface area (Å²) in [7, 11) is 0. The average Bonchev–Trinajstić information content (AvgIpc) is 2.26. The average molecular weight is 279 g/mol. The Morgan fingerprint density at radius 1 is 1.33 bits per heavy atom. The standard InChI is InChI=1S/C12H23BrO2/c1-11(2)3-6-15-10-12(9-13)4-7-14-8-5-12/h11H,3-10H2,1-2H3. The Hall–Kier alpha value is 0.400. The van der Waals surface area contributed by atoms with Crippen molar-refractivity contribution in [1.29, 1.82) is 0 Å². The molecular weight excluding hydrogens is 256 g/mol. The smallest absolute Gasteiger partial charge is 0.0532 e. The molecule has 1 fully saturated rings. The summed E-state index contributed by atoms with van der Waals surface area (Å²) in [4.78, 5) is 0. The highest BCUT2D eigenvalue weighted by molar-refractivity contribution is 9.09. The van der Waals surface area contributed by atoms with Crippen LogP contribution in [0.3, 0.4) is 0 Å². The quantitative estimate of drug-likeness (QED) is 0.549. The van der Waals surface area contributed by atoms with Crippen LogP contribution in [0.5, 0.6) is 0 Å². The number of rotatable bonds is 6. The summed E-state index contributed by atoms with van der Waals surface area (Å²) in [5, 5.41) is 1.03. The van der Waals surface area contributed by atoms with Gasteiger partial charge in [-0.05, 0) is 25.2 Å². The molecule has 2 nitrogen and oxygen atoms in total. The van der Waals surface area contributed by atoms with E-state index in [1.54, 1.807) is 0 Å². The van der Waals surface area contributed by atoms with Crippen LogP contribution >= 0.6 is 15.9 Å². The number of hydrogen-bond acceptors (Lipinski definition) is 2. The molecule has 1 aliphatic heterocycles. The summed E-state index contributed by atoms with van der Waals surface area (Å²) < 4.78 is 11.2. The summed E-state index contributed by atoms with van der Waals surface area (Å²) in [6, 6.07) is 0. The second-order valence-corrected chi connectivity index (χ2v) is 5.54. The topological polar surface area (TPSA) is 18.5 Å². The second kappa shape index (κ2) is 6.87. The lowest BCUT2D eigenvalue weighted by atomic mass is 9.83. The molecule has 0 unspecified atom stereocenters. The van der Waals surface area contributed by atoms with Crippen LogP contribution in [0.25, 0.3) is 0 Å². The molecule has 0 aromatic rings. The van der Waals surface area contributed by atoms with E-state index >= 15 is 0 Å². The van der Waals surface area contributed by atoms with Crippen molar-refractivity contribution >= 4 is 15.9 Å². The summed E-state index contributed by atoms with van der Waals surface area (Å²) in [6.45, 7) is 8.02. The fourth-order valence-corrected chi connectivity index (χ4v) is 2.45. The van der Waals surface area contributed by atoms with Crippen LogP contribution < -0.4 is 0 Å². The van der Waals surface area contributed by atoms with Gasteiger partial charge in [0.2, 0.25) is 0 Å². The first-order valence-electron chi connectivity index (χ1n) is 5.90. The fourth-order valence-electron chi connectivity index (χ4n) is 1.73. The highest BCUT2D eigenvalue weighted by atomic mass is 79.9. The number of ether oxygens (including phenoxy) is 2. The van der Waals surface area contributed by atoms with Gasteiger partial charge in [-0.1, -0.05) is 29.8 Å². The molecule has 1 heterocycles. The van der Waals surface area contributed by atoms with E-state index < -0.39 is 0 Å². The highest BCUT2D eigenvalue weighted by Crippen LogP contribution is 2.32. The predicted octanol–water partition coefficient (Wildman–Crippen LogP) is 3.24. The summed E-state index contributed by atoms with van der Waals surface area (Å²) >= 11 is 3.61. The van der Waals surface area contributed by atoms with Gasteiger partial charge in [0.15, 0.2) is 0 Å². The molecule has 0 saturated carbocycles. The maximum atomic E-state index is 5.79. The van der Waals surface area contributed by atoms with Gasteiger partial charge in [0.05, 0.1) is 6.61 Å². The summed E-state index contributed by atoms with van der Waals surface area (Å²) in [5.74, 6) is 0.736. The third-order valence-electron chi connectivity index (χ3n) is 3.08. The van der Waals surface area contributed by atoms with E-state index in [-0.39, 0.29) is 0 Å². The van der Waals surface area contributed by atoms with Crippen LogP contribution in [-0.4, -0.2) is 31.8 Å². The number of halogens is 1. The lowest BCUT2D eigenvalue weighted by Crippen LogP contribution is -2.35. The zero-order valence-corrected chi connectivity index (χ0v) is 11.5. The van der Waals surface area contributed by atoms with Gasteiger partial charge < -0.3 is 9.47 Å². The molecule has 0 aromatic carbocycles. The lowest BCUT2D eigenvalue weighted by molar-refractivity contribution is -0.0282. The minimum Gasteiger partial charge on any atom is -0.381 e. The van der Waals surface area contributed by atoms with Gasteiger partial charge in [0, 0.05) is 30.6 Å². The first-order valence-corrected chi connectivity index (χ1v) is 7.02. The monoisotopic (exact) mass is 278 g/mol. The zero-order valence-electron chi connectivity index (χ0n) is 9.93. The van der Waals surface area contributed by atoms with Crippen LogP contribution in [0.2, 0.25) is 0 Å². The Bertz CT molecular complexity index is 165. The lowest BCUT2D eigenvalue weighted by Gasteiger charge is -2.35. The molecule has 1 rings (SSSR count). The molecule has 0 amide bonds. The Kier molecular flexibility index (Phi) is 6.17. The molecule has 0 radical (unpaired) electrons. The summed E-state index contributed by atoms with van der Waals surface area (Å²) in [6.07, 6.45) is 3.41. The van der Waals surface area contributed by atoms with Gasteiger partial charge in [0.1, 0.15) is 0 Å². The molecule has 3 heteroatoms. The van der Waals surface area contributed by atoms with Crippen molar-refractivity contribution in [1.82, 2.24) is 0 Å². The Labute approximate surface area is 102 Å². The van der Waals surface area contributed by atoms with E-state index in [2.05, 4.69) is 29.8 Å². The minimum absolute atomic E-state index is 0.329. The largest absolute Gasteiger partial charge is 0.381 e. The predicted molar refractivity (Wildman–Crippen MR) is 66.6 cm³/mol. The first-order chi connectivity index (χ1) is 7.18. The molecular formula is C12H23BrO2. The van der Waals surface area contributed by atoms with Crippen molar-refractivity contribution in [2.75, 3.05) is 31.8 Å². The van der Waals surface area contributed by atoms with Crippen molar-refractivity contribution in [2.45, 2.75) is 33.1 Å². The number of hydrogen-bond donors (Lipinski definition) is 0. The van der Waals surface area contributed by atoms with Crippen LogP contribution in [0.15, 0.2) is 0 Å². The molecule has 0 aliphatic carbocycles. The van der Waals surface area contributed by atoms with Crippen molar-refractivity contribution in [3.05, 3.63) is 0 Å². The van der Waals surface area contributed by atoms with E-state index in [1.807, 2.05) is 0 Å². The molecule has 15 heavy (non-hydrogen) atoms. The van der Waals surface area contributed by atoms with Gasteiger partial charge in [-0.2, -0.15) is 0 Å². The van der Waals surface area contributed by atoms with Crippen LogP contribution in [0.1, 0.15) is 33.1 Å². The minimum atomic E-state index is 0.329. The van der Waals surface area contributed by atoms with Gasteiger partial charge >= 0.3 is 0 Å². The Morgan fingerprint density at radius 2 is 2.00 bits per heavy atom. The van der Waals surface area contributed by atoms with Gasteiger partial charge in [-0.3, -0.25) is 0 Å². The van der Waals surface area contributed by atoms with E-state index in [1.165, 1.54) is 0 Å². The molecule has 0 spiro atoms. The maximum Gasteiger partial charge on any atom is 0.0532 e. The third kappa shape index (κ3) is 4.83. The Balaban J connectivity index is 2.20. The van der Waals surface area contributed by atoms with Gasteiger partial charge in [-0.25, -0.2) is 0 Å². The van der Waals surface area contributed by atoms with Crippen LogP contribution in [0, 0.1) is 11.3 Å². The zero-order chi connectivity index (χ0) is 11.1. The van der Waals surface area contributed by atoms with E-state index in [4.69, 9.17) is 9.47 Å². The van der Waals surface area contributed by atoms with Crippen molar-refractivity contribution in [3.63, 3.8) is 0 Å². The molecule has 0 atom stereocenters. The molecule has 1 saturated heterocycles. The van der Waals surface area contributed by atoms with Crippen molar-refractivity contribution < 1.29 is 9.47 Å². The Morgan fingerprint density at radius 3 is 2.53 bits per heavy atom. The second-order valence-electron chi connectivity index (χ2n) is 4.98. The number of alkyl halides is 1. The van der Waals surface area contributed by atoms with E-state index in [0.717, 1.165) is 56.9 Å². The van der Waals surface area contributed by atoms with Crippen LogP contribution in [0.4, 0.5) is 0 Å². The van der Waals surface area contributed by atoms with E-state index in [9.17, 15) is 0 Å². The molecule has 0 N–H and O–H groups in total. The molecule has 1 aliphatic rings. The first kappa shape index (κ1) is 13.5. The highest BCUT2D eigenvalue weighted by Gasteiger charge is 2.31. The van der Waals surface area contributed by atoms with Crippen molar-refractivity contribution in [2.24, 2.45) is 11.3 Å². The molecule has 0 aromatic heterocycles.